The van der Waals surface area contributed by atoms with Crippen molar-refractivity contribution in [2.45, 2.75) is 122 Å². The fraction of sp³-hybridized carbons (Fsp3) is 0.938. The minimum absolute atomic E-state index is 0.0392. The van der Waals surface area contributed by atoms with Crippen molar-refractivity contribution in [3.05, 3.63) is 0 Å². The summed E-state index contributed by atoms with van der Waals surface area (Å²) in [7, 11) is 0. The SMILES string of the molecule is CC(=O)OCC1O[C@H](COC[C@]2(CCl)O[C@H](CCl)C(O)[C@H]2O)C(O)[C@H](O)[C@@H]1Cl.CC(=O)OCC1O[C@H](COC[C@]2(CO)O[C@H](CO)C(O)[C@H]2O)C(O)[C@H](O)[C@@H]1O. The predicted octanol–water partition coefficient (Wildman–Crippen LogP) is -5.74. The molecule has 0 amide bonds. The van der Waals surface area contributed by atoms with Crippen LogP contribution < -0.4 is 0 Å². The maximum absolute atomic E-state index is 11.0. The van der Waals surface area contributed by atoms with Gasteiger partial charge in [0.15, 0.2) is 0 Å². The zero-order chi connectivity index (χ0) is 42.1. The average molecular weight is 880 g/mol. The second-order valence-corrected chi connectivity index (χ2v) is 15.0. The molecule has 18 atom stereocenters. The fourth-order valence-electron chi connectivity index (χ4n) is 6.42. The first-order valence-corrected chi connectivity index (χ1v) is 19.0. The first kappa shape index (κ1) is 49.5. The van der Waals surface area contributed by atoms with Crippen molar-refractivity contribution < 1.29 is 104 Å². The number of hydrogen-bond donors (Lipinski definition) is 11. The van der Waals surface area contributed by atoms with Crippen LogP contribution in [-0.4, -0.2) is 241 Å². The molecule has 4 aliphatic rings. The van der Waals surface area contributed by atoms with Crippen LogP contribution in [-0.2, 0) is 47.5 Å². The van der Waals surface area contributed by atoms with Gasteiger partial charge in [-0.1, -0.05) is 0 Å². The number of carbonyl (C=O) groups excluding carboxylic acids is 2. The topological polar surface area (TPSA) is 331 Å². The lowest BCUT2D eigenvalue weighted by atomic mass is 9.95. The molecule has 0 aromatic rings. The Hall–Kier alpha value is -0.870. The minimum atomic E-state index is -1.69. The molecule has 328 valence electrons. The highest BCUT2D eigenvalue weighted by atomic mass is 35.5. The Labute approximate surface area is 336 Å². The molecule has 11 N–H and O–H groups in total. The fourth-order valence-corrected chi connectivity index (χ4v) is 7.24. The van der Waals surface area contributed by atoms with E-state index in [4.69, 9.17) is 77.8 Å². The van der Waals surface area contributed by atoms with Crippen molar-refractivity contribution in [1.82, 2.24) is 0 Å². The number of esters is 2. The van der Waals surface area contributed by atoms with Gasteiger partial charge in [0.2, 0.25) is 0 Å². The second kappa shape index (κ2) is 22.1. The Balaban J connectivity index is 0.000000300. The van der Waals surface area contributed by atoms with E-state index in [9.17, 15) is 60.7 Å². The lowest BCUT2D eigenvalue weighted by Crippen LogP contribution is -2.60. The summed E-state index contributed by atoms with van der Waals surface area (Å²) in [6.07, 6.45) is -18.7. The molecule has 21 nitrogen and oxygen atoms in total. The lowest BCUT2D eigenvalue weighted by molar-refractivity contribution is -0.245. The number of aliphatic hydroxyl groups is 11. The number of halogens is 3. The van der Waals surface area contributed by atoms with E-state index in [0.29, 0.717) is 0 Å². The summed E-state index contributed by atoms with van der Waals surface area (Å²) in [5, 5.41) is 108. The average Bonchev–Trinajstić information content (AvgIpc) is 3.57. The van der Waals surface area contributed by atoms with Crippen molar-refractivity contribution in [3.63, 3.8) is 0 Å². The minimum Gasteiger partial charge on any atom is -0.463 e. The van der Waals surface area contributed by atoms with Crippen molar-refractivity contribution in [3.8, 4) is 0 Å². The maximum Gasteiger partial charge on any atom is 0.302 e. The second-order valence-electron chi connectivity index (χ2n) is 13.9. The maximum atomic E-state index is 11.0. The monoisotopic (exact) mass is 878 g/mol. The van der Waals surface area contributed by atoms with Crippen LogP contribution >= 0.6 is 34.8 Å². The third kappa shape index (κ3) is 11.7. The van der Waals surface area contributed by atoms with Gasteiger partial charge in [-0.15, -0.1) is 34.8 Å². The van der Waals surface area contributed by atoms with Crippen LogP contribution in [0.3, 0.4) is 0 Å². The molecule has 0 bridgehead atoms. The Kier molecular flexibility index (Phi) is 19.5. The lowest BCUT2D eigenvalue weighted by Gasteiger charge is -2.40. The molecule has 0 aromatic heterocycles. The largest absolute Gasteiger partial charge is 0.463 e. The zero-order valence-electron chi connectivity index (χ0n) is 30.4. The van der Waals surface area contributed by atoms with Crippen molar-refractivity contribution in [1.29, 1.82) is 0 Å². The van der Waals surface area contributed by atoms with Crippen LogP contribution in [0.2, 0.25) is 0 Å². The Morgan fingerprint density at radius 3 is 1.45 bits per heavy atom. The quantitative estimate of drug-likeness (QED) is 0.0508. The van der Waals surface area contributed by atoms with E-state index >= 15 is 0 Å². The van der Waals surface area contributed by atoms with Gasteiger partial charge in [-0.3, -0.25) is 9.59 Å². The molecule has 4 rings (SSSR count). The molecule has 0 spiro atoms. The van der Waals surface area contributed by atoms with E-state index in [2.05, 4.69) is 0 Å². The summed E-state index contributed by atoms with van der Waals surface area (Å²) in [6.45, 7) is -0.617. The number of ether oxygens (including phenoxy) is 8. The van der Waals surface area contributed by atoms with Crippen molar-refractivity contribution in [2.24, 2.45) is 0 Å². The van der Waals surface area contributed by atoms with Crippen molar-refractivity contribution >= 4 is 46.7 Å². The van der Waals surface area contributed by atoms with Gasteiger partial charge >= 0.3 is 11.9 Å². The summed E-state index contributed by atoms with van der Waals surface area (Å²) < 4.78 is 42.5. The third-order valence-corrected chi connectivity index (χ3v) is 11.1. The summed E-state index contributed by atoms with van der Waals surface area (Å²) in [5.41, 5.74) is -3.08. The van der Waals surface area contributed by atoms with Crippen LogP contribution in [0.5, 0.6) is 0 Å². The van der Waals surface area contributed by atoms with Gasteiger partial charge in [0, 0.05) is 13.8 Å². The molecule has 56 heavy (non-hydrogen) atoms. The molecule has 6 unspecified atom stereocenters. The number of aliphatic hydroxyl groups excluding tert-OH is 11. The van der Waals surface area contributed by atoms with E-state index in [-0.39, 0.29) is 44.8 Å². The molecule has 4 saturated heterocycles. The van der Waals surface area contributed by atoms with Crippen molar-refractivity contribution in [2.75, 3.05) is 64.6 Å². The Morgan fingerprint density at radius 2 is 1.00 bits per heavy atom. The molecule has 0 aromatic carbocycles. The van der Waals surface area contributed by atoms with E-state index in [1.54, 1.807) is 0 Å². The van der Waals surface area contributed by atoms with Gasteiger partial charge in [-0.2, -0.15) is 0 Å². The first-order chi connectivity index (χ1) is 26.3. The van der Waals surface area contributed by atoms with Crippen LogP contribution in [0, 0.1) is 0 Å². The van der Waals surface area contributed by atoms with Crippen LogP contribution in [0.15, 0.2) is 0 Å². The predicted molar refractivity (Wildman–Crippen MR) is 187 cm³/mol. The number of alkyl halides is 3. The molecule has 0 radical (unpaired) electrons. The number of hydrogen-bond acceptors (Lipinski definition) is 21. The summed E-state index contributed by atoms with van der Waals surface area (Å²) in [6, 6.07) is 0. The van der Waals surface area contributed by atoms with E-state index in [1.165, 1.54) is 6.92 Å². The highest BCUT2D eigenvalue weighted by Crippen LogP contribution is 2.35. The number of carbonyl (C=O) groups is 2. The van der Waals surface area contributed by atoms with E-state index in [1.807, 2.05) is 0 Å². The summed E-state index contributed by atoms with van der Waals surface area (Å²) in [5.74, 6) is -1.36. The molecule has 0 aliphatic carbocycles. The summed E-state index contributed by atoms with van der Waals surface area (Å²) >= 11 is 17.7. The highest BCUT2D eigenvalue weighted by Gasteiger charge is 2.55. The number of rotatable bonds is 16. The molecule has 4 fully saturated rings. The Bertz CT molecular complexity index is 1140. The van der Waals surface area contributed by atoms with Gasteiger partial charge in [0.05, 0.1) is 56.8 Å². The van der Waals surface area contributed by atoms with E-state index in [0.717, 1.165) is 6.92 Å². The van der Waals surface area contributed by atoms with Gasteiger partial charge in [-0.05, 0) is 0 Å². The van der Waals surface area contributed by atoms with Gasteiger partial charge in [0.1, 0.15) is 116 Å². The molecular formula is C32H53Cl3O21. The molecular weight excluding hydrogens is 827 g/mol. The molecule has 24 heteroatoms. The Morgan fingerprint density at radius 1 is 0.571 bits per heavy atom. The zero-order valence-corrected chi connectivity index (χ0v) is 32.7. The van der Waals surface area contributed by atoms with Gasteiger partial charge in [0.25, 0.3) is 0 Å². The summed E-state index contributed by atoms with van der Waals surface area (Å²) in [4.78, 5) is 21.9. The first-order valence-electron chi connectivity index (χ1n) is 17.5. The molecule has 4 aliphatic heterocycles. The smallest absolute Gasteiger partial charge is 0.302 e. The molecule has 4 heterocycles. The normalized spacial score (nSPS) is 43.9. The highest BCUT2D eigenvalue weighted by molar-refractivity contribution is 6.21. The third-order valence-electron chi connectivity index (χ3n) is 9.82. The molecule has 0 saturated carbocycles. The van der Waals surface area contributed by atoms with Crippen LogP contribution in [0.1, 0.15) is 13.8 Å². The van der Waals surface area contributed by atoms with Crippen LogP contribution in [0.25, 0.3) is 0 Å². The standard InChI is InChI=1S/C16H25Cl3O9.C16H28O12/c1-7(20)26-4-9-11(19)14(23)12(21)10(27-9)3-25-6-16(5-18)15(24)13(22)8(2-17)28-16;1-7(19)26-4-10-12(21)14(23)11(20)9(27-10)3-25-6-16(5-18)15(24)13(22)8(2-17)28-16/h8-15,21-24H,2-6H2,1H3;8-15,17-18,20-24H,2-6H2,1H3/t8-,9?,10-,11-,12?,13?,14-,15-,16+;8-,9-,10?,11?,12-,13?,14+,15-,16+/m11/s1. The van der Waals surface area contributed by atoms with Gasteiger partial charge < -0.3 is 94.1 Å². The van der Waals surface area contributed by atoms with Crippen LogP contribution in [0.4, 0.5) is 0 Å². The van der Waals surface area contributed by atoms with E-state index < -0.39 is 140 Å². The van der Waals surface area contributed by atoms with Gasteiger partial charge in [-0.25, -0.2) is 0 Å².